The number of thiocarbonyl (C=S) groups is 1. The zero-order valence-electron chi connectivity index (χ0n) is 15.6. The molecule has 0 unspecified atom stereocenters. The molecule has 4 atom stereocenters. The van der Waals surface area contributed by atoms with E-state index >= 15 is 0 Å². The lowest BCUT2D eigenvalue weighted by Crippen LogP contribution is -2.57. The highest BCUT2D eigenvalue weighted by Gasteiger charge is 2.53. The Balaban J connectivity index is 2.32. The van der Waals surface area contributed by atoms with Crippen LogP contribution in [0, 0.1) is 0 Å². The summed E-state index contributed by atoms with van der Waals surface area (Å²) >= 11 is 5.18. The van der Waals surface area contributed by atoms with E-state index in [9.17, 15) is 14.4 Å². The zero-order chi connectivity index (χ0) is 20.1. The number of hydrazine groups is 1. The molecule has 0 radical (unpaired) electrons. The minimum absolute atomic E-state index is 0.0359. The maximum Gasteiger partial charge on any atom is 0.303 e. The number of hydrogen-bond acceptors (Lipinski definition) is 9. The zero-order valence-corrected chi connectivity index (χ0v) is 16.4. The van der Waals surface area contributed by atoms with Crippen LogP contribution in [-0.2, 0) is 33.3 Å². The van der Waals surface area contributed by atoms with Crippen molar-refractivity contribution in [2.24, 2.45) is 5.73 Å². The number of carbonyl (C=O) groups is 3. The number of hydrogen-bond donors (Lipinski definition) is 1. The van der Waals surface area contributed by atoms with Crippen LogP contribution in [0.4, 0.5) is 0 Å². The van der Waals surface area contributed by atoms with Crippen molar-refractivity contribution in [2.75, 3.05) is 19.7 Å². The van der Waals surface area contributed by atoms with Crippen molar-refractivity contribution in [1.29, 1.82) is 0 Å². The minimum Gasteiger partial charge on any atom is -0.463 e. The molecule has 0 saturated carbocycles. The number of carbonyl (C=O) groups excluding carboxylic acids is 3. The van der Waals surface area contributed by atoms with Crippen LogP contribution in [0.5, 0.6) is 0 Å². The van der Waals surface area contributed by atoms with Gasteiger partial charge in [0.15, 0.2) is 23.5 Å². The molecule has 2 rings (SSSR count). The molecule has 0 aromatic carbocycles. The van der Waals surface area contributed by atoms with Gasteiger partial charge in [-0.05, 0) is 25.1 Å². The van der Waals surface area contributed by atoms with Crippen molar-refractivity contribution in [3.63, 3.8) is 0 Å². The normalized spacial score (nSPS) is 27.8. The molecule has 10 nitrogen and oxygen atoms in total. The minimum atomic E-state index is -0.992. The van der Waals surface area contributed by atoms with Crippen molar-refractivity contribution in [3.05, 3.63) is 0 Å². The lowest BCUT2D eigenvalue weighted by molar-refractivity contribution is -0.174. The van der Waals surface area contributed by atoms with E-state index in [1.54, 1.807) is 5.01 Å². The average Bonchev–Trinajstić information content (AvgIpc) is 3.16. The molecule has 2 aliphatic heterocycles. The van der Waals surface area contributed by atoms with Gasteiger partial charge in [0.05, 0.1) is 0 Å². The summed E-state index contributed by atoms with van der Waals surface area (Å²) in [6.45, 7) is 4.96. The molecule has 2 saturated heterocycles. The second kappa shape index (κ2) is 9.29. The van der Waals surface area contributed by atoms with Gasteiger partial charge in [-0.2, -0.15) is 0 Å². The Bertz CT molecular complexity index is 597. The van der Waals surface area contributed by atoms with Crippen molar-refractivity contribution < 1.29 is 33.3 Å². The van der Waals surface area contributed by atoms with Gasteiger partial charge in [-0.15, -0.1) is 0 Å². The summed E-state index contributed by atoms with van der Waals surface area (Å²) in [5, 5.41) is 3.48. The third kappa shape index (κ3) is 5.50. The first-order valence-electron chi connectivity index (χ1n) is 8.67. The molecule has 0 aliphatic carbocycles. The predicted octanol–water partition coefficient (Wildman–Crippen LogP) is -0.306. The van der Waals surface area contributed by atoms with E-state index in [2.05, 4.69) is 0 Å². The first-order valence-corrected chi connectivity index (χ1v) is 9.08. The monoisotopic (exact) mass is 403 g/mol. The van der Waals surface area contributed by atoms with Crippen molar-refractivity contribution >= 4 is 35.2 Å². The Morgan fingerprint density at radius 2 is 1.63 bits per heavy atom. The van der Waals surface area contributed by atoms with E-state index in [-0.39, 0.29) is 11.7 Å². The molecule has 0 bridgehead atoms. The van der Waals surface area contributed by atoms with E-state index in [1.807, 2.05) is 5.01 Å². The molecular formula is C16H25N3O7S. The fourth-order valence-electron chi connectivity index (χ4n) is 3.23. The molecule has 11 heteroatoms. The highest BCUT2D eigenvalue weighted by molar-refractivity contribution is 7.80. The van der Waals surface area contributed by atoms with Crippen molar-refractivity contribution in [2.45, 2.75) is 58.2 Å². The van der Waals surface area contributed by atoms with E-state index in [4.69, 9.17) is 36.9 Å². The Hall–Kier alpha value is -1.98. The molecule has 0 aromatic heterocycles. The van der Waals surface area contributed by atoms with E-state index < -0.39 is 42.4 Å². The second-order valence-corrected chi connectivity index (χ2v) is 6.78. The van der Waals surface area contributed by atoms with Gasteiger partial charge in [-0.1, -0.05) is 0 Å². The number of nitrogens with two attached hydrogens (primary N) is 1. The van der Waals surface area contributed by atoms with Gasteiger partial charge < -0.3 is 24.7 Å². The predicted molar refractivity (Wildman–Crippen MR) is 95.8 cm³/mol. The van der Waals surface area contributed by atoms with Crippen LogP contribution in [-0.4, -0.2) is 77.3 Å². The Morgan fingerprint density at radius 1 is 1.07 bits per heavy atom. The van der Waals surface area contributed by atoms with Crippen LogP contribution < -0.4 is 5.73 Å². The summed E-state index contributed by atoms with van der Waals surface area (Å²) < 4.78 is 21.7. The average molecular weight is 403 g/mol. The van der Waals surface area contributed by atoms with Gasteiger partial charge in [-0.25, -0.2) is 10.0 Å². The first-order chi connectivity index (χ1) is 12.7. The summed E-state index contributed by atoms with van der Waals surface area (Å²) in [6, 6.07) is 0. The summed E-state index contributed by atoms with van der Waals surface area (Å²) in [5.41, 5.74) is 5.91. The number of esters is 3. The van der Waals surface area contributed by atoms with Crippen LogP contribution in [0.1, 0.15) is 33.6 Å². The van der Waals surface area contributed by atoms with Crippen molar-refractivity contribution in [1.82, 2.24) is 10.0 Å². The SMILES string of the molecule is CC(=O)OC[C@H]1O[C@@H](N(C(N)=S)N2CCCC2)[C@H](OC(C)=O)[C@@H]1OC(C)=O. The van der Waals surface area contributed by atoms with Gasteiger partial charge in [0.25, 0.3) is 0 Å². The molecule has 2 aliphatic rings. The van der Waals surface area contributed by atoms with Gasteiger partial charge in [0, 0.05) is 33.9 Å². The highest BCUT2D eigenvalue weighted by Crippen LogP contribution is 2.31. The second-order valence-electron chi connectivity index (χ2n) is 6.36. The Kier molecular flexibility index (Phi) is 7.33. The maximum atomic E-state index is 11.7. The molecule has 0 spiro atoms. The highest BCUT2D eigenvalue weighted by atomic mass is 32.1. The number of rotatable bonds is 6. The van der Waals surface area contributed by atoms with Crippen LogP contribution >= 0.6 is 12.2 Å². The lowest BCUT2D eigenvalue weighted by atomic mass is 10.1. The molecule has 0 aromatic rings. The Labute approximate surface area is 162 Å². The maximum absolute atomic E-state index is 11.7. The van der Waals surface area contributed by atoms with Gasteiger partial charge in [0.1, 0.15) is 12.7 Å². The van der Waals surface area contributed by atoms with Crippen LogP contribution in [0.25, 0.3) is 0 Å². The van der Waals surface area contributed by atoms with E-state index in [1.165, 1.54) is 20.8 Å². The lowest BCUT2D eigenvalue weighted by Gasteiger charge is -2.38. The number of ether oxygens (including phenoxy) is 4. The quantitative estimate of drug-likeness (QED) is 0.357. The molecule has 0 amide bonds. The Morgan fingerprint density at radius 3 is 2.11 bits per heavy atom. The summed E-state index contributed by atoms with van der Waals surface area (Å²) in [5.74, 6) is -1.68. The largest absolute Gasteiger partial charge is 0.463 e. The summed E-state index contributed by atoms with van der Waals surface area (Å²) in [6.07, 6.45) is -1.81. The fourth-order valence-corrected chi connectivity index (χ4v) is 3.45. The molecule has 2 heterocycles. The van der Waals surface area contributed by atoms with Gasteiger partial charge in [-0.3, -0.25) is 14.4 Å². The third-order valence-electron chi connectivity index (χ3n) is 4.19. The van der Waals surface area contributed by atoms with Crippen LogP contribution in [0.15, 0.2) is 0 Å². The molecule has 2 fully saturated rings. The molecule has 152 valence electrons. The standard InChI is InChI=1S/C16H25N3O7S/c1-9(20)23-8-12-13(24-10(2)21)14(25-11(3)22)15(26-12)19(16(17)27)18-6-4-5-7-18/h12-15H,4-8H2,1-3H3,(H2,17,27)/t12-,13-,14-,15-/m1/s1. The summed E-state index contributed by atoms with van der Waals surface area (Å²) in [4.78, 5) is 34.4. The van der Waals surface area contributed by atoms with Crippen molar-refractivity contribution in [3.8, 4) is 0 Å². The fraction of sp³-hybridized carbons (Fsp3) is 0.750. The third-order valence-corrected chi connectivity index (χ3v) is 4.38. The smallest absolute Gasteiger partial charge is 0.303 e. The van der Waals surface area contributed by atoms with Crippen LogP contribution in [0.3, 0.4) is 0 Å². The topological polar surface area (TPSA) is 121 Å². The molecular weight excluding hydrogens is 378 g/mol. The van der Waals surface area contributed by atoms with Gasteiger partial charge in [0.2, 0.25) is 0 Å². The van der Waals surface area contributed by atoms with E-state index in [0.29, 0.717) is 13.1 Å². The summed E-state index contributed by atoms with van der Waals surface area (Å²) in [7, 11) is 0. The first kappa shape index (κ1) is 21.3. The molecule has 27 heavy (non-hydrogen) atoms. The van der Waals surface area contributed by atoms with E-state index in [0.717, 1.165) is 12.8 Å². The molecule has 2 N–H and O–H groups in total. The number of nitrogens with zero attached hydrogens (tertiary/aromatic N) is 2. The van der Waals surface area contributed by atoms with Crippen LogP contribution in [0.2, 0.25) is 0 Å². The van der Waals surface area contributed by atoms with Gasteiger partial charge >= 0.3 is 17.9 Å².